The molecule has 0 saturated heterocycles. The fourth-order valence-electron chi connectivity index (χ4n) is 1.43. The second kappa shape index (κ2) is 5.09. The van der Waals surface area contributed by atoms with Crippen LogP contribution >= 0.6 is 15.9 Å². The van der Waals surface area contributed by atoms with E-state index in [9.17, 15) is 4.79 Å². The van der Waals surface area contributed by atoms with E-state index in [4.69, 9.17) is 0 Å². The van der Waals surface area contributed by atoms with Crippen LogP contribution in [0, 0.1) is 0 Å². The maximum Gasteiger partial charge on any atom is 0.270 e. The van der Waals surface area contributed by atoms with Crippen molar-refractivity contribution in [1.82, 2.24) is 20.1 Å². The molecule has 0 aromatic carbocycles. The highest BCUT2D eigenvalue weighted by Gasteiger charge is 2.14. The van der Waals surface area contributed by atoms with Gasteiger partial charge in [-0.1, -0.05) is 0 Å². The third-order valence-electron chi connectivity index (χ3n) is 2.31. The Labute approximate surface area is 107 Å². The summed E-state index contributed by atoms with van der Waals surface area (Å²) in [5.74, 6) is -0.159. The average molecular weight is 295 g/mol. The summed E-state index contributed by atoms with van der Waals surface area (Å²) in [6, 6.07) is 3.72. The quantitative estimate of drug-likeness (QED) is 0.933. The van der Waals surface area contributed by atoms with E-state index in [0.29, 0.717) is 16.7 Å². The van der Waals surface area contributed by atoms with Crippen LogP contribution in [0.25, 0.3) is 0 Å². The van der Waals surface area contributed by atoms with Crippen LogP contribution < -0.4 is 5.32 Å². The van der Waals surface area contributed by atoms with Gasteiger partial charge in [0.25, 0.3) is 5.91 Å². The third kappa shape index (κ3) is 2.71. The number of hydrogen-bond acceptors (Lipinski definition) is 3. The van der Waals surface area contributed by atoms with E-state index >= 15 is 0 Å². The molecule has 0 unspecified atom stereocenters. The monoisotopic (exact) mass is 294 g/mol. The molecule has 5 nitrogen and oxygen atoms in total. The molecule has 0 radical (unpaired) electrons. The number of carbonyl (C=O) groups is 1. The van der Waals surface area contributed by atoms with E-state index in [1.165, 1.54) is 4.68 Å². The van der Waals surface area contributed by atoms with Crippen molar-refractivity contribution in [2.24, 2.45) is 7.05 Å². The molecular formula is C11H11BrN4O. The summed E-state index contributed by atoms with van der Waals surface area (Å²) in [6.45, 7) is 0.471. The van der Waals surface area contributed by atoms with Crippen molar-refractivity contribution < 1.29 is 4.79 Å². The second-order valence-corrected chi connectivity index (χ2v) is 4.36. The van der Waals surface area contributed by atoms with E-state index in [1.54, 1.807) is 25.6 Å². The lowest BCUT2D eigenvalue weighted by atomic mass is 10.2. The van der Waals surface area contributed by atoms with Crippen molar-refractivity contribution >= 4 is 21.8 Å². The van der Waals surface area contributed by atoms with Gasteiger partial charge in [-0.25, -0.2) is 0 Å². The Hall–Kier alpha value is -1.69. The molecule has 0 aliphatic carbocycles. The van der Waals surface area contributed by atoms with Crippen molar-refractivity contribution in [2.75, 3.05) is 0 Å². The first kappa shape index (κ1) is 11.8. The van der Waals surface area contributed by atoms with Crippen molar-refractivity contribution in [2.45, 2.75) is 6.54 Å². The first-order chi connectivity index (χ1) is 8.18. The minimum Gasteiger partial charge on any atom is -0.347 e. The maximum absolute atomic E-state index is 11.9. The van der Waals surface area contributed by atoms with Gasteiger partial charge in [0, 0.05) is 26.0 Å². The molecule has 2 heterocycles. The molecule has 0 spiro atoms. The molecule has 0 bridgehead atoms. The summed E-state index contributed by atoms with van der Waals surface area (Å²) < 4.78 is 2.22. The number of carbonyl (C=O) groups excluding carboxylic acids is 1. The van der Waals surface area contributed by atoms with Crippen molar-refractivity contribution in [3.05, 3.63) is 46.5 Å². The Bertz CT molecular complexity index is 504. The SMILES string of the molecule is Cn1ncc(Br)c1C(=O)NCc1ccncc1. The first-order valence-electron chi connectivity index (χ1n) is 5.03. The molecule has 2 rings (SSSR count). The normalized spacial score (nSPS) is 10.2. The molecule has 6 heteroatoms. The van der Waals surface area contributed by atoms with Crippen LogP contribution in [0.15, 0.2) is 35.2 Å². The lowest BCUT2D eigenvalue weighted by molar-refractivity contribution is 0.0940. The molecule has 2 aromatic heterocycles. The number of pyridine rings is 1. The molecule has 1 N–H and O–H groups in total. The van der Waals surface area contributed by atoms with Gasteiger partial charge in [-0.05, 0) is 33.6 Å². The van der Waals surface area contributed by atoms with Crippen molar-refractivity contribution in [3.8, 4) is 0 Å². The molecule has 0 aliphatic rings. The van der Waals surface area contributed by atoms with Gasteiger partial charge in [0.05, 0.1) is 10.7 Å². The molecule has 0 atom stereocenters. The van der Waals surface area contributed by atoms with Crippen LogP contribution in [-0.4, -0.2) is 20.7 Å². The van der Waals surface area contributed by atoms with Crippen LogP contribution in [0.4, 0.5) is 0 Å². The lowest BCUT2D eigenvalue weighted by Crippen LogP contribution is -2.25. The standard InChI is InChI=1S/C11H11BrN4O/c1-16-10(9(12)7-15-16)11(17)14-6-8-2-4-13-5-3-8/h2-5,7H,6H2,1H3,(H,14,17). The molecule has 0 saturated carbocycles. The molecule has 2 aromatic rings. The molecule has 0 aliphatic heterocycles. The van der Waals surface area contributed by atoms with E-state index in [0.717, 1.165) is 5.56 Å². The minimum atomic E-state index is -0.159. The van der Waals surface area contributed by atoms with Gasteiger partial charge in [0.1, 0.15) is 5.69 Å². The van der Waals surface area contributed by atoms with Gasteiger partial charge in [-0.3, -0.25) is 14.5 Å². The largest absolute Gasteiger partial charge is 0.347 e. The number of hydrogen-bond donors (Lipinski definition) is 1. The molecule has 17 heavy (non-hydrogen) atoms. The Kier molecular flexibility index (Phi) is 3.53. The number of aromatic nitrogens is 3. The predicted octanol–water partition coefficient (Wildman–Crippen LogP) is 1.51. The van der Waals surface area contributed by atoms with Crippen LogP contribution in [-0.2, 0) is 13.6 Å². The Balaban J connectivity index is 2.04. The summed E-state index contributed by atoms with van der Waals surface area (Å²) in [5.41, 5.74) is 1.52. The highest BCUT2D eigenvalue weighted by Crippen LogP contribution is 2.14. The van der Waals surface area contributed by atoms with E-state index in [1.807, 2.05) is 12.1 Å². The minimum absolute atomic E-state index is 0.159. The average Bonchev–Trinajstić information content (AvgIpc) is 2.67. The Morgan fingerprint density at radius 1 is 1.47 bits per heavy atom. The number of amides is 1. The smallest absolute Gasteiger partial charge is 0.270 e. The van der Waals surface area contributed by atoms with Gasteiger partial charge in [-0.15, -0.1) is 0 Å². The van der Waals surface area contributed by atoms with Gasteiger partial charge in [0.2, 0.25) is 0 Å². The number of nitrogens with zero attached hydrogens (tertiary/aromatic N) is 3. The fourth-order valence-corrected chi connectivity index (χ4v) is 1.96. The zero-order valence-electron chi connectivity index (χ0n) is 9.22. The Morgan fingerprint density at radius 3 is 2.76 bits per heavy atom. The molecule has 88 valence electrons. The molecular weight excluding hydrogens is 284 g/mol. The number of rotatable bonds is 3. The van der Waals surface area contributed by atoms with Crippen LogP contribution in [0.3, 0.4) is 0 Å². The summed E-state index contributed by atoms with van der Waals surface area (Å²) in [6.07, 6.45) is 4.99. The predicted molar refractivity (Wildman–Crippen MR) is 66.3 cm³/mol. The molecule has 0 fully saturated rings. The summed E-state index contributed by atoms with van der Waals surface area (Å²) in [5, 5.41) is 6.82. The molecule has 1 amide bonds. The highest BCUT2D eigenvalue weighted by molar-refractivity contribution is 9.10. The lowest BCUT2D eigenvalue weighted by Gasteiger charge is -2.05. The Morgan fingerprint density at radius 2 is 2.18 bits per heavy atom. The zero-order chi connectivity index (χ0) is 12.3. The summed E-state index contributed by atoms with van der Waals surface area (Å²) in [7, 11) is 1.73. The summed E-state index contributed by atoms with van der Waals surface area (Å²) in [4.78, 5) is 15.8. The summed E-state index contributed by atoms with van der Waals surface area (Å²) >= 11 is 3.29. The van der Waals surface area contributed by atoms with Gasteiger partial charge >= 0.3 is 0 Å². The number of aryl methyl sites for hydroxylation is 1. The van der Waals surface area contributed by atoms with Gasteiger partial charge in [-0.2, -0.15) is 5.10 Å². The third-order valence-corrected chi connectivity index (χ3v) is 2.89. The van der Waals surface area contributed by atoms with Gasteiger partial charge in [0.15, 0.2) is 0 Å². The van der Waals surface area contributed by atoms with Crippen LogP contribution in [0.2, 0.25) is 0 Å². The second-order valence-electron chi connectivity index (χ2n) is 3.50. The number of halogens is 1. The first-order valence-corrected chi connectivity index (χ1v) is 5.82. The van der Waals surface area contributed by atoms with E-state index in [-0.39, 0.29) is 5.91 Å². The highest BCUT2D eigenvalue weighted by atomic mass is 79.9. The van der Waals surface area contributed by atoms with Crippen LogP contribution in [0.5, 0.6) is 0 Å². The van der Waals surface area contributed by atoms with Crippen molar-refractivity contribution in [1.29, 1.82) is 0 Å². The topological polar surface area (TPSA) is 59.8 Å². The van der Waals surface area contributed by atoms with Crippen molar-refractivity contribution in [3.63, 3.8) is 0 Å². The van der Waals surface area contributed by atoms with E-state index < -0.39 is 0 Å². The van der Waals surface area contributed by atoms with E-state index in [2.05, 4.69) is 31.3 Å². The maximum atomic E-state index is 11.9. The fraction of sp³-hybridized carbons (Fsp3) is 0.182. The van der Waals surface area contributed by atoms with Gasteiger partial charge < -0.3 is 5.32 Å². The number of nitrogens with one attached hydrogen (secondary N) is 1. The zero-order valence-corrected chi connectivity index (χ0v) is 10.8. The van der Waals surface area contributed by atoms with Crippen LogP contribution in [0.1, 0.15) is 16.1 Å².